The first-order valence-corrected chi connectivity index (χ1v) is 7.97. The van der Waals surface area contributed by atoms with E-state index in [2.05, 4.69) is 16.7 Å². The van der Waals surface area contributed by atoms with Gasteiger partial charge in [-0.05, 0) is 37.0 Å². The molecule has 1 heterocycles. The van der Waals surface area contributed by atoms with Gasteiger partial charge in [0, 0.05) is 39.9 Å². The maximum atomic E-state index is 12.4. The quantitative estimate of drug-likeness (QED) is 0.884. The number of aryl methyl sites for hydroxylation is 1. The minimum absolute atomic E-state index is 0.0954. The number of nitrogens with zero attached hydrogens (tertiary/aromatic N) is 2. The van der Waals surface area contributed by atoms with Crippen molar-refractivity contribution >= 4 is 17.6 Å². The van der Waals surface area contributed by atoms with Crippen LogP contribution in [0, 0.1) is 6.92 Å². The van der Waals surface area contributed by atoms with Crippen molar-refractivity contribution in [1.82, 2.24) is 15.5 Å². The molecule has 23 heavy (non-hydrogen) atoms. The van der Waals surface area contributed by atoms with Gasteiger partial charge in [-0.2, -0.15) is 0 Å². The molecule has 0 bridgehead atoms. The van der Waals surface area contributed by atoms with Gasteiger partial charge >= 0.3 is 6.03 Å². The van der Waals surface area contributed by atoms with E-state index in [9.17, 15) is 9.59 Å². The molecule has 2 rings (SSSR count). The van der Waals surface area contributed by atoms with Crippen LogP contribution >= 0.6 is 0 Å². The summed E-state index contributed by atoms with van der Waals surface area (Å²) < 4.78 is 0. The molecule has 0 aromatic heterocycles. The minimum atomic E-state index is -0.355. The van der Waals surface area contributed by atoms with Crippen molar-refractivity contribution in [1.29, 1.82) is 0 Å². The summed E-state index contributed by atoms with van der Waals surface area (Å²) >= 11 is 0. The number of hydrogen-bond acceptors (Lipinski definition) is 3. The summed E-state index contributed by atoms with van der Waals surface area (Å²) in [5.74, 6) is -0.0954. The Morgan fingerprint density at radius 2 is 2.09 bits per heavy atom. The van der Waals surface area contributed by atoms with Crippen molar-refractivity contribution in [2.24, 2.45) is 0 Å². The van der Waals surface area contributed by atoms with Crippen LogP contribution in [-0.4, -0.2) is 50.6 Å². The molecule has 6 nitrogen and oxygen atoms in total. The molecule has 0 saturated carbocycles. The standard InChI is InChI=1S/C17H26N4O2/c1-12-7-8-13(15(10-12)20(3)4)11-19-17(23)21-9-5-6-14(21)16(22)18-2/h7-8,10,14H,5-6,9,11H2,1-4H3,(H,18,22)(H,19,23). The number of rotatable bonds is 4. The smallest absolute Gasteiger partial charge is 0.318 e. The van der Waals surface area contributed by atoms with E-state index in [1.165, 1.54) is 5.56 Å². The fourth-order valence-corrected chi connectivity index (χ4v) is 2.96. The SMILES string of the molecule is CNC(=O)C1CCCN1C(=O)NCc1ccc(C)cc1N(C)C. The molecule has 126 valence electrons. The summed E-state index contributed by atoms with van der Waals surface area (Å²) in [7, 11) is 5.58. The van der Waals surface area contributed by atoms with E-state index in [4.69, 9.17) is 0 Å². The maximum absolute atomic E-state index is 12.4. The third kappa shape index (κ3) is 3.94. The van der Waals surface area contributed by atoms with E-state index < -0.39 is 0 Å². The lowest BCUT2D eigenvalue weighted by atomic mass is 10.1. The van der Waals surface area contributed by atoms with Crippen LogP contribution in [0.5, 0.6) is 0 Å². The summed E-state index contributed by atoms with van der Waals surface area (Å²) in [6.07, 6.45) is 1.58. The number of likely N-dealkylation sites (tertiary alicyclic amines) is 1. The lowest BCUT2D eigenvalue weighted by Gasteiger charge is -2.24. The van der Waals surface area contributed by atoms with Crippen LogP contribution in [0.2, 0.25) is 0 Å². The number of nitrogens with one attached hydrogen (secondary N) is 2. The Hall–Kier alpha value is -2.24. The largest absolute Gasteiger partial charge is 0.377 e. The topological polar surface area (TPSA) is 64.7 Å². The van der Waals surface area contributed by atoms with E-state index in [-0.39, 0.29) is 18.0 Å². The summed E-state index contributed by atoms with van der Waals surface area (Å²) in [5, 5.41) is 5.57. The van der Waals surface area contributed by atoms with Crippen molar-refractivity contribution in [2.45, 2.75) is 32.4 Å². The van der Waals surface area contributed by atoms with Gasteiger partial charge in [0.05, 0.1) is 0 Å². The summed E-state index contributed by atoms with van der Waals surface area (Å²) in [4.78, 5) is 27.9. The molecule has 1 aliphatic heterocycles. The number of carbonyl (C=O) groups is 2. The first kappa shape index (κ1) is 17.1. The van der Waals surface area contributed by atoms with Gasteiger partial charge in [-0.1, -0.05) is 12.1 Å². The monoisotopic (exact) mass is 318 g/mol. The second-order valence-corrected chi connectivity index (χ2v) is 6.15. The number of urea groups is 1. The van der Waals surface area contributed by atoms with Crippen LogP contribution < -0.4 is 15.5 Å². The third-order valence-electron chi connectivity index (χ3n) is 4.22. The highest BCUT2D eigenvalue weighted by molar-refractivity contribution is 5.87. The molecule has 1 unspecified atom stereocenters. The van der Waals surface area contributed by atoms with Crippen molar-refractivity contribution in [3.63, 3.8) is 0 Å². The Morgan fingerprint density at radius 3 is 2.74 bits per heavy atom. The highest BCUT2D eigenvalue weighted by atomic mass is 16.2. The van der Waals surface area contributed by atoms with Crippen LogP contribution in [0.3, 0.4) is 0 Å². The molecular weight excluding hydrogens is 292 g/mol. The molecule has 0 aliphatic carbocycles. The Labute approximate surface area is 137 Å². The zero-order valence-corrected chi connectivity index (χ0v) is 14.3. The van der Waals surface area contributed by atoms with Crippen molar-refractivity contribution in [3.8, 4) is 0 Å². The van der Waals surface area contributed by atoms with E-state index in [0.717, 1.165) is 24.1 Å². The molecular formula is C17H26N4O2. The van der Waals surface area contributed by atoms with Gasteiger partial charge in [0.25, 0.3) is 0 Å². The average molecular weight is 318 g/mol. The van der Waals surface area contributed by atoms with E-state index >= 15 is 0 Å². The van der Waals surface area contributed by atoms with Gasteiger partial charge in [-0.15, -0.1) is 0 Å². The second kappa shape index (κ2) is 7.35. The Bertz CT molecular complexity index is 586. The number of hydrogen-bond donors (Lipinski definition) is 2. The number of amides is 3. The summed E-state index contributed by atoms with van der Waals surface area (Å²) in [5.41, 5.74) is 3.34. The molecule has 6 heteroatoms. The number of carbonyl (C=O) groups excluding carboxylic acids is 2. The molecule has 1 saturated heterocycles. The molecule has 3 amide bonds. The molecule has 1 aromatic carbocycles. The van der Waals surface area contributed by atoms with Gasteiger partial charge in [0.15, 0.2) is 0 Å². The predicted molar refractivity (Wildman–Crippen MR) is 91.5 cm³/mol. The van der Waals surface area contributed by atoms with Crippen LogP contribution in [0.1, 0.15) is 24.0 Å². The maximum Gasteiger partial charge on any atom is 0.318 e. The minimum Gasteiger partial charge on any atom is -0.377 e. The lowest BCUT2D eigenvalue weighted by Crippen LogP contribution is -2.48. The van der Waals surface area contributed by atoms with Gasteiger partial charge in [-0.3, -0.25) is 4.79 Å². The van der Waals surface area contributed by atoms with Gasteiger partial charge < -0.3 is 20.4 Å². The third-order valence-corrected chi connectivity index (χ3v) is 4.22. The van der Waals surface area contributed by atoms with Crippen molar-refractivity contribution in [3.05, 3.63) is 29.3 Å². The lowest BCUT2D eigenvalue weighted by molar-refractivity contribution is -0.124. The predicted octanol–water partition coefficient (Wildman–Crippen LogP) is 1.48. The summed E-state index contributed by atoms with van der Waals surface area (Å²) in [6, 6.07) is 5.64. The van der Waals surface area contributed by atoms with Crippen molar-refractivity contribution < 1.29 is 9.59 Å². The molecule has 1 aromatic rings. The fourth-order valence-electron chi connectivity index (χ4n) is 2.96. The first-order valence-electron chi connectivity index (χ1n) is 7.97. The average Bonchev–Trinajstić information content (AvgIpc) is 3.02. The molecule has 0 spiro atoms. The second-order valence-electron chi connectivity index (χ2n) is 6.15. The normalized spacial score (nSPS) is 17.0. The van der Waals surface area contributed by atoms with E-state index in [1.807, 2.05) is 38.1 Å². The van der Waals surface area contributed by atoms with Crippen LogP contribution in [0.4, 0.5) is 10.5 Å². The summed E-state index contributed by atoms with van der Waals surface area (Å²) in [6.45, 7) is 3.12. The molecule has 1 fully saturated rings. The number of anilines is 1. The van der Waals surface area contributed by atoms with Crippen LogP contribution in [0.15, 0.2) is 18.2 Å². The van der Waals surface area contributed by atoms with Crippen molar-refractivity contribution in [2.75, 3.05) is 32.6 Å². The number of benzene rings is 1. The number of likely N-dealkylation sites (N-methyl/N-ethyl adjacent to an activating group) is 1. The highest BCUT2D eigenvalue weighted by Gasteiger charge is 2.33. The van der Waals surface area contributed by atoms with Gasteiger partial charge in [0.2, 0.25) is 5.91 Å². The zero-order chi connectivity index (χ0) is 17.0. The Balaban J connectivity index is 2.03. The van der Waals surface area contributed by atoms with Gasteiger partial charge in [0.1, 0.15) is 6.04 Å². The first-order chi connectivity index (χ1) is 10.9. The molecule has 0 radical (unpaired) electrons. The molecule has 1 atom stereocenters. The van der Waals surface area contributed by atoms with E-state index in [1.54, 1.807) is 11.9 Å². The zero-order valence-electron chi connectivity index (χ0n) is 14.3. The fraction of sp³-hybridized carbons (Fsp3) is 0.529. The van der Waals surface area contributed by atoms with Crippen LogP contribution in [0.25, 0.3) is 0 Å². The van der Waals surface area contributed by atoms with Gasteiger partial charge in [-0.25, -0.2) is 4.79 Å². The molecule has 1 aliphatic rings. The van der Waals surface area contributed by atoms with E-state index in [0.29, 0.717) is 13.1 Å². The van der Waals surface area contributed by atoms with Crippen LogP contribution in [-0.2, 0) is 11.3 Å². The Morgan fingerprint density at radius 1 is 1.35 bits per heavy atom. The Kier molecular flexibility index (Phi) is 5.47. The highest BCUT2D eigenvalue weighted by Crippen LogP contribution is 2.21. The molecule has 2 N–H and O–H groups in total.